The van der Waals surface area contributed by atoms with Gasteiger partial charge < -0.3 is 5.11 Å². The maximum atomic E-state index is 11.3. The largest absolute Gasteiger partial charge is 0.481 e. The number of benzene rings is 2. The van der Waals surface area contributed by atoms with Gasteiger partial charge in [-0.1, -0.05) is 54.1 Å². The van der Waals surface area contributed by atoms with Crippen LogP contribution >= 0.6 is 0 Å². The van der Waals surface area contributed by atoms with Gasteiger partial charge in [0, 0.05) is 0 Å². The second-order valence-corrected chi connectivity index (χ2v) is 5.79. The zero-order valence-electron chi connectivity index (χ0n) is 12.2. The summed E-state index contributed by atoms with van der Waals surface area (Å²) in [6.07, 6.45) is 0.823. The highest BCUT2D eigenvalue weighted by molar-refractivity contribution is 5.80. The summed E-state index contributed by atoms with van der Waals surface area (Å²) in [7, 11) is 0. The smallest absolute Gasteiger partial charge is 0.313 e. The van der Waals surface area contributed by atoms with Crippen molar-refractivity contribution >= 4 is 5.97 Å². The molecule has 1 N–H and O–H groups in total. The summed E-state index contributed by atoms with van der Waals surface area (Å²) in [5.74, 6) is -0.801. The zero-order valence-corrected chi connectivity index (χ0v) is 12.2. The first kappa shape index (κ1) is 14.3. The Bertz CT molecular complexity index is 610. The van der Waals surface area contributed by atoms with Crippen molar-refractivity contribution in [3.63, 3.8) is 0 Å². The predicted octanol–water partition coefficient (Wildman–Crippen LogP) is 3.95. The van der Waals surface area contributed by atoms with Gasteiger partial charge in [0.15, 0.2) is 0 Å². The topological polar surface area (TPSA) is 37.3 Å². The van der Waals surface area contributed by atoms with E-state index in [0.29, 0.717) is 0 Å². The highest BCUT2D eigenvalue weighted by Gasteiger charge is 2.29. The Balaban J connectivity index is 2.26. The third kappa shape index (κ3) is 3.08. The molecule has 0 saturated heterocycles. The number of aliphatic carboxylic acids is 1. The van der Waals surface area contributed by atoms with E-state index in [2.05, 4.69) is 31.2 Å². The molecule has 0 atom stereocenters. The Morgan fingerprint density at radius 3 is 2.30 bits per heavy atom. The minimum atomic E-state index is -0.858. The van der Waals surface area contributed by atoms with Crippen molar-refractivity contribution in [3.05, 3.63) is 70.8 Å². The van der Waals surface area contributed by atoms with E-state index in [9.17, 15) is 9.90 Å². The molecule has 2 heteroatoms. The number of carboxylic acid groups (broad SMARTS) is 1. The van der Waals surface area contributed by atoms with Crippen molar-refractivity contribution < 1.29 is 9.90 Å². The van der Waals surface area contributed by atoms with E-state index >= 15 is 0 Å². The van der Waals surface area contributed by atoms with Gasteiger partial charge in [0.25, 0.3) is 0 Å². The molecule has 0 amide bonds. The Kier molecular flexibility index (Phi) is 3.93. The average Bonchev–Trinajstić information content (AvgIpc) is 2.41. The molecular formula is C18H20O2. The van der Waals surface area contributed by atoms with Gasteiger partial charge in [-0.05, 0) is 43.9 Å². The summed E-state index contributed by atoms with van der Waals surface area (Å²) >= 11 is 0. The molecule has 0 aliphatic rings. The fourth-order valence-electron chi connectivity index (χ4n) is 2.14. The first-order chi connectivity index (χ1) is 9.39. The molecule has 0 unspecified atom stereocenters. The second kappa shape index (κ2) is 5.49. The van der Waals surface area contributed by atoms with Gasteiger partial charge in [-0.25, -0.2) is 0 Å². The molecule has 0 spiro atoms. The van der Waals surface area contributed by atoms with E-state index in [1.807, 2.05) is 24.3 Å². The average molecular weight is 268 g/mol. The van der Waals surface area contributed by atoms with Crippen LogP contribution in [0.5, 0.6) is 0 Å². The predicted molar refractivity (Wildman–Crippen MR) is 81.1 cm³/mol. The van der Waals surface area contributed by atoms with E-state index in [0.717, 1.165) is 17.5 Å². The first-order valence-corrected chi connectivity index (χ1v) is 6.78. The Morgan fingerprint density at radius 1 is 1.05 bits per heavy atom. The minimum absolute atomic E-state index is 0.801. The Labute approximate surface area is 120 Å². The molecule has 0 aliphatic heterocycles. The van der Waals surface area contributed by atoms with E-state index in [1.165, 1.54) is 11.1 Å². The number of aryl methyl sites for hydroxylation is 1. The van der Waals surface area contributed by atoms with Crippen LogP contribution in [0.2, 0.25) is 0 Å². The lowest BCUT2D eigenvalue weighted by atomic mass is 9.83. The van der Waals surface area contributed by atoms with Crippen molar-refractivity contribution in [2.24, 2.45) is 0 Å². The zero-order chi connectivity index (χ0) is 14.8. The number of hydrogen-bond donors (Lipinski definition) is 1. The van der Waals surface area contributed by atoms with Gasteiger partial charge in [-0.2, -0.15) is 0 Å². The van der Waals surface area contributed by atoms with Gasteiger partial charge in [0.05, 0.1) is 5.41 Å². The first-order valence-electron chi connectivity index (χ1n) is 6.78. The van der Waals surface area contributed by atoms with Crippen LogP contribution in [0, 0.1) is 6.92 Å². The van der Waals surface area contributed by atoms with Crippen molar-refractivity contribution in [1.29, 1.82) is 0 Å². The monoisotopic (exact) mass is 268 g/mol. The molecule has 0 fully saturated rings. The summed E-state index contributed by atoms with van der Waals surface area (Å²) in [5, 5.41) is 9.31. The molecule has 0 radical (unpaired) electrons. The van der Waals surface area contributed by atoms with Gasteiger partial charge in [0.1, 0.15) is 0 Å². The highest BCUT2D eigenvalue weighted by atomic mass is 16.4. The molecule has 0 aliphatic carbocycles. The summed E-state index contributed by atoms with van der Waals surface area (Å²) in [6, 6.07) is 16.3. The van der Waals surface area contributed by atoms with E-state index in [1.54, 1.807) is 13.8 Å². The summed E-state index contributed by atoms with van der Waals surface area (Å²) < 4.78 is 0. The normalized spacial score (nSPS) is 11.3. The van der Waals surface area contributed by atoms with Crippen LogP contribution in [0.25, 0.3) is 0 Å². The molecule has 2 rings (SSSR count). The molecule has 0 saturated carbocycles. The van der Waals surface area contributed by atoms with Gasteiger partial charge in [-0.3, -0.25) is 4.79 Å². The lowest BCUT2D eigenvalue weighted by Crippen LogP contribution is -2.28. The van der Waals surface area contributed by atoms with E-state index in [-0.39, 0.29) is 0 Å². The lowest BCUT2D eigenvalue weighted by molar-refractivity contribution is -0.142. The molecule has 2 nitrogen and oxygen atoms in total. The quantitative estimate of drug-likeness (QED) is 0.911. The molecule has 20 heavy (non-hydrogen) atoms. The van der Waals surface area contributed by atoms with Gasteiger partial charge in [0.2, 0.25) is 0 Å². The standard InChI is InChI=1S/C18H20O2/c1-13-7-9-14(10-8-13)11-15-5-4-6-16(12-15)18(2,3)17(19)20/h4-10,12H,11H2,1-3H3,(H,19,20). The summed E-state index contributed by atoms with van der Waals surface area (Å²) in [5.41, 5.74) is 3.61. The number of carboxylic acids is 1. The molecule has 104 valence electrons. The molecule has 2 aromatic rings. The fourth-order valence-corrected chi connectivity index (χ4v) is 2.14. The van der Waals surface area contributed by atoms with Crippen LogP contribution in [-0.4, -0.2) is 11.1 Å². The Hall–Kier alpha value is -2.09. The SMILES string of the molecule is Cc1ccc(Cc2cccc(C(C)(C)C(=O)O)c2)cc1. The highest BCUT2D eigenvalue weighted by Crippen LogP contribution is 2.25. The third-order valence-electron chi connectivity index (χ3n) is 3.71. The maximum absolute atomic E-state index is 11.3. The van der Waals surface area contributed by atoms with Crippen LogP contribution in [0.3, 0.4) is 0 Å². The molecule has 0 bridgehead atoms. The van der Waals surface area contributed by atoms with E-state index in [4.69, 9.17) is 0 Å². The van der Waals surface area contributed by atoms with Gasteiger partial charge >= 0.3 is 5.97 Å². The lowest BCUT2D eigenvalue weighted by Gasteiger charge is -2.20. The Morgan fingerprint density at radius 2 is 1.70 bits per heavy atom. The van der Waals surface area contributed by atoms with Crippen LogP contribution in [0.15, 0.2) is 48.5 Å². The van der Waals surface area contributed by atoms with Crippen molar-refractivity contribution in [3.8, 4) is 0 Å². The second-order valence-electron chi connectivity index (χ2n) is 5.79. The van der Waals surface area contributed by atoms with Crippen LogP contribution in [0.1, 0.15) is 36.1 Å². The third-order valence-corrected chi connectivity index (χ3v) is 3.71. The number of hydrogen-bond acceptors (Lipinski definition) is 1. The van der Waals surface area contributed by atoms with Crippen molar-refractivity contribution in [2.75, 3.05) is 0 Å². The number of rotatable bonds is 4. The summed E-state index contributed by atoms with van der Waals surface area (Å²) in [4.78, 5) is 11.3. The molecule has 2 aromatic carbocycles. The molecule has 0 heterocycles. The fraction of sp³-hybridized carbons (Fsp3) is 0.278. The maximum Gasteiger partial charge on any atom is 0.313 e. The van der Waals surface area contributed by atoms with Gasteiger partial charge in [-0.15, -0.1) is 0 Å². The van der Waals surface area contributed by atoms with Crippen LogP contribution in [-0.2, 0) is 16.6 Å². The van der Waals surface area contributed by atoms with Crippen molar-refractivity contribution in [1.82, 2.24) is 0 Å². The number of carbonyl (C=O) groups is 1. The summed E-state index contributed by atoms with van der Waals surface area (Å²) in [6.45, 7) is 5.54. The minimum Gasteiger partial charge on any atom is -0.481 e. The molecule has 0 aromatic heterocycles. The van der Waals surface area contributed by atoms with Crippen LogP contribution < -0.4 is 0 Å². The van der Waals surface area contributed by atoms with E-state index < -0.39 is 11.4 Å². The molecular weight excluding hydrogens is 248 g/mol. The van der Waals surface area contributed by atoms with Crippen molar-refractivity contribution in [2.45, 2.75) is 32.6 Å². The van der Waals surface area contributed by atoms with Crippen LogP contribution in [0.4, 0.5) is 0 Å².